The van der Waals surface area contributed by atoms with Crippen LogP contribution in [0.3, 0.4) is 0 Å². The molecule has 96 valence electrons. The van der Waals surface area contributed by atoms with Crippen LogP contribution in [0.2, 0.25) is 10.0 Å². The second-order valence-electron chi connectivity index (χ2n) is 3.82. The molecule has 0 fully saturated rings. The highest BCUT2D eigenvalue weighted by Gasteiger charge is 2.25. The lowest BCUT2D eigenvalue weighted by Crippen LogP contribution is -2.06. The van der Waals surface area contributed by atoms with Crippen LogP contribution in [0, 0.1) is 0 Å². The minimum Gasteiger partial charge on any atom is -0.324 e. The van der Waals surface area contributed by atoms with Crippen molar-refractivity contribution in [1.82, 2.24) is 0 Å². The first-order valence-electron chi connectivity index (χ1n) is 5.29. The first kappa shape index (κ1) is 15.0. The fraction of sp³-hybridized carbons (Fsp3) is 0.455. The molecule has 2 atom stereocenters. The lowest BCUT2D eigenvalue weighted by molar-refractivity contribution is 0.185. The lowest BCUT2D eigenvalue weighted by atomic mass is 10.2. The van der Waals surface area contributed by atoms with Crippen LogP contribution in [0.1, 0.15) is 25.8 Å². The zero-order chi connectivity index (χ0) is 13.1. The Balaban J connectivity index is 2.86. The monoisotopic (exact) mass is 296 g/mol. The molecule has 0 heterocycles. The summed E-state index contributed by atoms with van der Waals surface area (Å²) in [7, 11) is -3.71. The normalized spacial score (nSPS) is 16.5. The van der Waals surface area contributed by atoms with E-state index in [9.17, 15) is 9.46 Å². The predicted molar refractivity (Wildman–Crippen MR) is 70.8 cm³/mol. The summed E-state index contributed by atoms with van der Waals surface area (Å²) in [5.74, 6) is 0. The molecular weight excluding hydrogens is 282 g/mol. The number of halogens is 2. The molecule has 2 unspecified atom stereocenters. The minimum atomic E-state index is -3.71. The van der Waals surface area contributed by atoms with Gasteiger partial charge in [0.1, 0.15) is 0 Å². The van der Waals surface area contributed by atoms with Crippen molar-refractivity contribution in [2.75, 3.05) is 0 Å². The number of hydrogen-bond donors (Lipinski definition) is 1. The van der Waals surface area contributed by atoms with E-state index in [1.54, 1.807) is 25.1 Å². The van der Waals surface area contributed by atoms with Crippen LogP contribution in [-0.2, 0) is 15.3 Å². The van der Waals surface area contributed by atoms with Crippen molar-refractivity contribution in [2.45, 2.75) is 32.5 Å². The zero-order valence-corrected chi connectivity index (χ0v) is 12.1. The van der Waals surface area contributed by atoms with Crippen LogP contribution in [0.25, 0.3) is 0 Å². The molecule has 0 aliphatic carbocycles. The largest absolute Gasteiger partial charge is 0.332 e. The highest BCUT2D eigenvalue weighted by Crippen LogP contribution is 2.49. The third-order valence-electron chi connectivity index (χ3n) is 2.34. The van der Waals surface area contributed by atoms with Crippen LogP contribution in [-0.4, -0.2) is 11.0 Å². The van der Waals surface area contributed by atoms with Gasteiger partial charge in [0, 0.05) is 15.6 Å². The molecule has 0 amide bonds. The predicted octanol–water partition coefficient (Wildman–Crippen LogP) is 4.49. The number of benzene rings is 1. The molecule has 0 aromatic heterocycles. The van der Waals surface area contributed by atoms with E-state index in [0.717, 1.165) is 0 Å². The van der Waals surface area contributed by atoms with Crippen molar-refractivity contribution in [1.29, 1.82) is 0 Å². The average molecular weight is 297 g/mol. The summed E-state index contributed by atoms with van der Waals surface area (Å²) in [6.07, 6.45) is 0.225. The summed E-state index contributed by atoms with van der Waals surface area (Å²) in [6.45, 7) is 3.63. The third-order valence-corrected chi connectivity index (χ3v) is 4.45. The fourth-order valence-electron chi connectivity index (χ4n) is 1.28. The Kier molecular flexibility index (Phi) is 5.49. The summed E-state index contributed by atoms with van der Waals surface area (Å²) < 4.78 is 17.0. The summed E-state index contributed by atoms with van der Waals surface area (Å²) in [4.78, 5) is 9.73. The van der Waals surface area contributed by atoms with E-state index in [4.69, 9.17) is 27.7 Å². The van der Waals surface area contributed by atoms with Gasteiger partial charge in [0.15, 0.2) is 0 Å². The van der Waals surface area contributed by atoms with Gasteiger partial charge in [-0.1, -0.05) is 36.2 Å². The molecule has 17 heavy (non-hydrogen) atoms. The van der Waals surface area contributed by atoms with Gasteiger partial charge in [-0.2, -0.15) is 0 Å². The molecule has 0 spiro atoms. The Morgan fingerprint density at radius 3 is 2.41 bits per heavy atom. The Morgan fingerprint density at radius 1 is 1.41 bits per heavy atom. The van der Waals surface area contributed by atoms with Crippen LogP contribution < -0.4 is 0 Å². The molecule has 0 radical (unpaired) electrons. The Labute approximate surface area is 111 Å². The zero-order valence-electron chi connectivity index (χ0n) is 9.69. The highest BCUT2D eigenvalue weighted by atomic mass is 35.5. The molecule has 0 aliphatic heterocycles. The summed E-state index contributed by atoms with van der Waals surface area (Å²) in [5, 5.41) is 0.749. The molecule has 1 N–H and O–H groups in total. The second-order valence-corrected chi connectivity index (χ2v) is 6.44. The summed E-state index contributed by atoms with van der Waals surface area (Å²) >= 11 is 11.9. The summed E-state index contributed by atoms with van der Waals surface area (Å²) in [6, 6.07) is 4.95. The van der Waals surface area contributed by atoms with E-state index < -0.39 is 7.60 Å². The Morgan fingerprint density at radius 2 is 1.94 bits per heavy atom. The van der Waals surface area contributed by atoms with E-state index in [2.05, 4.69) is 0 Å². The van der Waals surface area contributed by atoms with Gasteiger partial charge in [-0.15, -0.1) is 0 Å². The van der Waals surface area contributed by atoms with E-state index in [1.165, 1.54) is 0 Å². The van der Waals surface area contributed by atoms with Gasteiger partial charge in [0.25, 0.3) is 0 Å². The maximum absolute atomic E-state index is 11.9. The van der Waals surface area contributed by atoms with Gasteiger partial charge in [-0.25, -0.2) is 0 Å². The highest BCUT2D eigenvalue weighted by molar-refractivity contribution is 7.52. The van der Waals surface area contributed by atoms with Crippen molar-refractivity contribution in [3.8, 4) is 0 Å². The molecular formula is C11H15Cl2O3P. The van der Waals surface area contributed by atoms with Crippen molar-refractivity contribution in [3.05, 3.63) is 33.8 Å². The maximum Gasteiger partial charge on any atom is 0.332 e. The van der Waals surface area contributed by atoms with Crippen LogP contribution >= 0.6 is 30.8 Å². The lowest BCUT2D eigenvalue weighted by Gasteiger charge is -2.17. The second kappa shape index (κ2) is 6.21. The van der Waals surface area contributed by atoms with Crippen molar-refractivity contribution >= 4 is 30.8 Å². The van der Waals surface area contributed by atoms with E-state index >= 15 is 0 Å². The van der Waals surface area contributed by atoms with Crippen LogP contribution in [0.4, 0.5) is 0 Å². The van der Waals surface area contributed by atoms with Crippen molar-refractivity contribution in [3.63, 3.8) is 0 Å². The maximum atomic E-state index is 11.9. The SMILES string of the molecule is CCC(C)OP(=O)(O)Cc1c(Cl)cccc1Cl. The number of rotatable bonds is 5. The first-order chi connectivity index (χ1) is 7.85. The Bertz CT molecular complexity index is 416. The van der Waals surface area contributed by atoms with Gasteiger partial charge in [-0.05, 0) is 25.5 Å². The molecule has 1 aromatic carbocycles. The molecule has 6 heteroatoms. The van der Waals surface area contributed by atoms with Crippen LogP contribution in [0.5, 0.6) is 0 Å². The topological polar surface area (TPSA) is 46.5 Å². The molecule has 0 aliphatic rings. The smallest absolute Gasteiger partial charge is 0.324 e. The standard InChI is InChI=1S/C11H15Cl2O3P/c1-3-8(2)16-17(14,15)7-9-10(12)5-4-6-11(9)13/h4-6,8H,3,7H2,1-2H3,(H,14,15). The third kappa shape index (κ3) is 4.61. The van der Waals surface area contributed by atoms with E-state index in [0.29, 0.717) is 22.0 Å². The van der Waals surface area contributed by atoms with Crippen molar-refractivity contribution in [2.24, 2.45) is 0 Å². The van der Waals surface area contributed by atoms with Crippen LogP contribution in [0.15, 0.2) is 18.2 Å². The molecule has 1 rings (SSSR count). The van der Waals surface area contributed by atoms with Crippen molar-refractivity contribution < 1.29 is 14.0 Å². The van der Waals surface area contributed by atoms with Gasteiger partial charge in [0.05, 0.1) is 12.3 Å². The number of hydrogen-bond acceptors (Lipinski definition) is 2. The first-order valence-corrected chi connectivity index (χ1v) is 7.80. The van der Waals surface area contributed by atoms with E-state index in [1.807, 2.05) is 6.92 Å². The molecule has 0 saturated carbocycles. The fourth-order valence-corrected chi connectivity index (χ4v) is 3.52. The quantitative estimate of drug-likeness (QED) is 0.814. The summed E-state index contributed by atoms with van der Waals surface area (Å²) in [5.41, 5.74) is 0.449. The molecule has 1 aromatic rings. The van der Waals surface area contributed by atoms with E-state index in [-0.39, 0.29) is 12.3 Å². The molecule has 3 nitrogen and oxygen atoms in total. The Hall–Kier alpha value is -0.0500. The molecule has 0 saturated heterocycles. The minimum absolute atomic E-state index is 0.171. The van der Waals surface area contributed by atoms with Gasteiger partial charge in [-0.3, -0.25) is 4.57 Å². The van der Waals surface area contributed by atoms with Gasteiger partial charge in [0.2, 0.25) is 0 Å². The molecule has 0 bridgehead atoms. The van der Waals surface area contributed by atoms with Gasteiger partial charge >= 0.3 is 7.60 Å². The van der Waals surface area contributed by atoms with Gasteiger partial charge < -0.3 is 9.42 Å². The average Bonchev–Trinajstić information content (AvgIpc) is 2.23.